The highest BCUT2D eigenvalue weighted by Crippen LogP contribution is 2.12. The molecule has 0 saturated carbocycles. The third kappa shape index (κ3) is 4.40. The van der Waals surface area contributed by atoms with Gasteiger partial charge in [0.1, 0.15) is 0 Å². The van der Waals surface area contributed by atoms with E-state index in [1.807, 2.05) is 33.2 Å². The van der Waals surface area contributed by atoms with Gasteiger partial charge in [-0.2, -0.15) is 5.10 Å². The van der Waals surface area contributed by atoms with Crippen molar-refractivity contribution in [1.29, 1.82) is 0 Å². The summed E-state index contributed by atoms with van der Waals surface area (Å²) in [6.07, 6.45) is 1.75. The Morgan fingerprint density at radius 3 is 2.33 bits per heavy atom. The lowest BCUT2D eigenvalue weighted by molar-refractivity contribution is 0.441. The molecule has 3 heteroatoms. The van der Waals surface area contributed by atoms with Crippen LogP contribution in [0.25, 0.3) is 0 Å². The fraction of sp³-hybridized carbons (Fsp3) is 0.333. The van der Waals surface area contributed by atoms with Crippen molar-refractivity contribution in [2.75, 3.05) is 14.1 Å². The monoisotopic (exact) mass is 203 g/mol. The van der Waals surface area contributed by atoms with E-state index in [0.29, 0.717) is 0 Å². The van der Waals surface area contributed by atoms with Gasteiger partial charge < -0.3 is 5.01 Å². The summed E-state index contributed by atoms with van der Waals surface area (Å²) < 4.78 is 0. The Labute approximate surface area is 91.1 Å². The predicted molar refractivity (Wildman–Crippen MR) is 66.1 cm³/mol. The van der Waals surface area contributed by atoms with Crippen LogP contribution in [0.2, 0.25) is 0 Å². The Hall–Kier alpha value is -1.64. The van der Waals surface area contributed by atoms with Crippen LogP contribution in [0.5, 0.6) is 0 Å². The molecule has 3 nitrogen and oxygen atoms in total. The average molecular weight is 203 g/mol. The van der Waals surface area contributed by atoms with E-state index in [1.165, 1.54) is 5.56 Å². The molecule has 0 aliphatic rings. The Kier molecular flexibility index (Phi) is 4.03. The zero-order valence-electron chi connectivity index (χ0n) is 9.73. The Bertz CT molecular complexity index is 361. The van der Waals surface area contributed by atoms with Gasteiger partial charge in [0, 0.05) is 14.1 Å². The minimum absolute atomic E-state index is 0.896. The van der Waals surface area contributed by atoms with Crippen molar-refractivity contribution in [3.8, 4) is 0 Å². The molecule has 0 fully saturated rings. The molecule has 0 unspecified atom stereocenters. The summed E-state index contributed by atoms with van der Waals surface area (Å²) in [7, 11) is 3.77. The van der Waals surface area contributed by atoms with Crippen LogP contribution >= 0.6 is 0 Å². The molecule has 15 heavy (non-hydrogen) atoms. The van der Waals surface area contributed by atoms with Gasteiger partial charge in [-0.25, -0.2) is 0 Å². The third-order valence-corrected chi connectivity index (χ3v) is 1.81. The largest absolute Gasteiger partial charge is 0.303 e. The third-order valence-electron chi connectivity index (χ3n) is 1.81. The van der Waals surface area contributed by atoms with Crippen LogP contribution in [0.15, 0.2) is 34.4 Å². The molecule has 0 heterocycles. The van der Waals surface area contributed by atoms with Crippen LogP contribution in [-0.4, -0.2) is 31.0 Å². The van der Waals surface area contributed by atoms with Gasteiger partial charge in [0.2, 0.25) is 0 Å². The van der Waals surface area contributed by atoms with Gasteiger partial charge >= 0.3 is 0 Å². The highest BCUT2D eigenvalue weighted by Gasteiger charge is 1.90. The van der Waals surface area contributed by atoms with Gasteiger partial charge in [-0.05, 0) is 26.0 Å². The first-order chi connectivity index (χ1) is 7.08. The van der Waals surface area contributed by atoms with Crippen LogP contribution in [0.1, 0.15) is 12.5 Å². The highest BCUT2D eigenvalue weighted by atomic mass is 15.4. The number of rotatable bonds is 3. The molecule has 0 N–H and O–H groups in total. The first kappa shape index (κ1) is 11.4. The van der Waals surface area contributed by atoms with Gasteiger partial charge in [-0.1, -0.05) is 17.7 Å². The number of benzene rings is 1. The summed E-state index contributed by atoms with van der Waals surface area (Å²) in [5.41, 5.74) is 3.10. The molecule has 1 aromatic rings. The fourth-order valence-electron chi connectivity index (χ4n) is 1.05. The summed E-state index contributed by atoms with van der Waals surface area (Å²) in [4.78, 5) is 4.41. The van der Waals surface area contributed by atoms with Gasteiger partial charge in [0.25, 0.3) is 0 Å². The van der Waals surface area contributed by atoms with Gasteiger partial charge in [0.05, 0.1) is 17.6 Å². The topological polar surface area (TPSA) is 28.0 Å². The summed E-state index contributed by atoms with van der Waals surface area (Å²) in [5.74, 6) is 0. The molecule has 0 atom stereocenters. The molecule has 0 aromatic heterocycles. The minimum atomic E-state index is 0.896. The average Bonchev–Trinajstić information content (AvgIpc) is 2.19. The fourth-order valence-corrected chi connectivity index (χ4v) is 1.05. The molecule has 1 aromatic carbocycles. The van der Waals surface area contributed by atoms with Crippen LogP contribution < -0.4 is 0 Å². The second-order valence-corrected chi connectivity index (χ2v) is 3.68. The maximum absolute atomic E-state index is 4.41. The number of aryl methyl sites for hydroxylation is 1. The van der Waals surface area contributed by atoms with Crippen LogP contribution in [0, 0.1) is 6.92 Å². The molecular weight excluding hydrogens is 186 g/mol. The van der Waals surface area contributed by atoms with E-state index in [2.05, 4.69) is 29.2 Å². The number of hydrogen-bond donors (Lipinski definition) is 0. The molecular formula is C12H17N3. The quantitative estimate of drug-likeness (QED) is 0.548. The Morgan fingerprint density at radius 1 is 1.20 bits per heavy atom. The first-order valence-electron chi connectivity index (χ1n) is 4.91. The van der Waals surface area contributed by atoms with E-state index in [9.17, 15) is 0 Å². The van der Waals surface area contributed by atoms with E-state index in [-0.39, 0.29) is 0 Å². The van der Waals surface area contributed by atoms with Gasteiger partial charge in [-0.15, -0.1) is 0 Å². The minimum Gasteiger partial charge on any atom is -0.303 e. The first-order valence-corrected chi connectivity index (χ1v) is 4.91. The van der Waals surface area contributed by atoms with Crippen molar-refractivity contribution < 1.29 is 0 Å². The summed E-state index contributed by atoms with van der Waals surface area (Å²) in [5, 5.41) is 5.86. The molecule has 0 saturated heterocycles. The van der Waals surface area contributed by atoms with E-state index in [4.69, 9.17) is 0 Å². The molecule has 1 rings (SSSR count). The second-order valence-electron chi connectivity index (χ2n) is 3.68. The zero-order chi connectivity index (χ0) is 11.3. The molecule has 0 bridgehead atoms. The summed E-state index contributed by atoms with van der Waals surface area (Å²) in [6.45, 7) is 4.00. The number of hydrogen-bond acceptors (Lipinski definition) is 3. The molecule has 0 amide bonds. The van der Waals surface area contributed by atoms with Crippen LogP contribution in [0.3, 0.4) is 0 Å². The lowest BCUT2D eigenvalue weighted by Gasteiger charge is -2.02. The SMILES string of the molecule is CC(C=NN(C)C)=Nc1ccc(C)cc1. The van der Waals surface area contributed by atoms with Crippen molar-refractivity contribution in [3.63, 3.8) is 0 Å². The van der Waals surface area contributed by atoms with Crippen molar-refractivity contribution in [2.45, 2.75) is 13.8 Å². The van der Waals surface area contributed by atoms with Crippen molar-refractivity contribution >= 4 is 17.6 Å². The van der Waals surface area contributed by atoms with Gasteiger partial charge in [0.15, 0.2) is 0 Å². The molecule has 0 aliphatic heterocycles. The normalized spacial score (nSPS) is 12.1. The number of nitrogens with zero attached hydrogens (tertiary/aromatic N) is 3. The molecule has 0 spiro atoms. The van der Waals surface area contributed by atoms with Crippen molar-refractivity contribution in [2.24, 2.45) is 10.1 Å². The van der Waals surface area contributed by atoms with Crippen molar-refractivity contribution in [3.05, 3.63) is 29.8 Å². The van der Waals surface area contributed by atoms with Crippen molar-refractivity contribution in [1.82, 2.24) is 5.01 Å². The van der Waals surface area contributed by atoms with E-state index >= 15 is 0 Å². The van der Waals surface area contributed by atoms with E-state index < -0.39 is 0 Å². The standard InChI is InChI=1S/C12H17N3/c1-10-5-7-12(8-6-10)14-11(2)9-13-15(3)4/h5-9H,1-4H3. The lowest BCUT2D eigenvalue weighted by Crippen LogP contribution is -2.04. The number of hydrazone groups is 1. The zero-order valence-corrected chi connectivity index (χ0v) is 9.73. The summed E-state index contributed by atoms with van der Waals surface area (Å²) >= 11 is 0. The van der Waals surface area contributed by atoms with Crippen LogP contribution in [-0.2, 0) is 0 Å². The van der Waals surface area contributed by atoms with E-state index in [1.54, 1.807) is 11.2 Å². The smallest absolute Gasteiger partial charge is 0.0682 e. The Balaban J connectivity index is 2.74. The predicted octanol–water partition coefficient (Wildman–Crippen LogP) is 2.63. The van der Waals surface area contributed by atoms with Crippen LogP contribution in [0.4, 0.5) is 5.69 Å². The maximum Gasteiger partial charge on any atom is 0.0682 e. The van der Waals surface area contributed by atoms with E-state index in [0.717, 1.165) is 11.4 Å². The summed E-state index contributed by atoms with van der Waals surface area (Å²) in [6, 6.07) is 8.11. The lowest BCUT2D eigenvalue weighted by atomic mass is 10.2. The highest BCUT2D eigenvalue weighted by molar-refractivity contribution is 6.30. The van der Waals surface area contributed by atoms with Gasteiger partial charge in [-0.3, -0.25) is 4.99 Å². The number of aliphatic imine (C=N–C) groups is 1. The molecule has 0 radical (unpaired) electrons. The second kappa shape index (κ2) is 5.29. The maximum atomic E-state index is 4.41. The Morgan fingerprint density at radius 2 is 1.80 bits per heavy atom. The molecule has 0 aliphatic carbocycles. The molecule has 80 valence electrons.